The summed E-state index contributed by atoms with van der Waals surface area (Å²) in [5, 5.41) is 11.3. The second-order valence-corrected chi connectivity index (χ2v) is 7.46. The lowest BCUT2D eigenvalue weighted by Gasteiger charge is -2.37. The number of nitrogens with zero attached hydrogens (tertiary/aromatic N) is 4. The smallest absolute Gasteiger partial charge is 0.254 e. The number of ether oxygens (including phenoxy) is 1. The average molecular weight is 381 g/mol. The molecule has 4 rings (SSSR count). The maximum Gasteiger partial charge on any atom is 0.254 e. The molecule has 28 heavy (non-hydrogen) atoms. The van der Waals surface area contributed by atoms with Crippen LogP contribution in [0.1, 0.15) is 24.0 Å². The number of hydrogen-bond acceptors (Lipinski definition) is 6. The molecule has 1 amide bonds. The van der Waals surface area contributed by atoms with Crippen molar-refractivity contribution in [3.05, 3.63) is 41.5 Å². The van der Waals surface area contributed by atoms with Crippen molar-refractivity contribution >= 4 is 23.2 Å². The molecule has 0 bridgehead atoms. The van der Waals surface area contributed by atoms with Crippen LogP contribution in [0.3, 0.4) is 0 Å². The van der Waals surface area contributed by atoms with E-state index >= 15 is 0 Å². The van der Waals surface area contributed by atoms with Crippen LogP contribution < -0.4 is 15.1 Å². The minimum Gasteiger partial charge on any atom is -0.368 e. The molecular formula is C21H27N5O2. The highest BCUT2D eigenvalue weighted by atomic mass is 16.5. The Bertz CT molecular complexity index is 825. The van der Waals surface area contributed by atoms with E-state index in [4.69, 9.17) is 4.74 Å². The molecule has 2 aliphatic heterocycles. The van der Waals surface area contributed by atoms with Gasteiger partial charge in [0, 0.05) is 38.5 Å². The summed E-state index contributed by atoms with van der Waals surface area (Å²) < 4.78 is 5.39. The van der Waals surface area contributed by atoms with Crippen LogP contribution >= 0.6 is 0 Å². The molecule has 1 aromatic heterocycles. The summed E-state index contributed by atoms with van der Waals surface area (Å²) in [6.07, 6.45) is 1.33. The standard InChI is InChI=1S/C21H27N5O2/c1-15-5-3-6-17(16(15)2)25-10-12-26(13-11-25)20-9-8-19(23-24-20)22-21(27)18-7-4-14-28-18/h3,5-6,8-9,18H,4,7,10-14H2,1-2H3,(H,22,23,27). The van der Waals surface area contributed by atoms with Crippen LogP contribution in [0.15, 0.2) is 30.3 Å². The van der Waals surface area contributed by atoms with Gasteiger partial charge >= 0.3 is 0 Å². The van der Waals surface area contributed by atoms with Crippen molar-refractivity contribution in [1.82, 2.24) is 10.2 Å². The first-order valence-electron chi connectivity index (χ1n) is 9.94. The summed E-state index contributed by atoms with van der Waals surface area (Å²) in [5.74, 6) is 1.18. The van der Waals surface area contributed by atoms with E-state index in [0.29, 0.717) is 12.4 Å². The van der Waals surface area contributed by atoms with Crippen molar-refractivity contribution in [3.8, 4) is 0 Å². The minimum absolute atomic E-state index is 0.137. The Morgan fingerprint density at radius 1 is 1.07 bits per heavy atom. The maximum atomic E-state index is 12.1. The quantitative estimate of drug-likeness (QED) is 0.878. The number of aryl methyl sites for hydroxylation is 1. The van der Waals surface area contributed by atoms with Gasteiger partial charge in [0.1, 0.15) is 6.10 Å². The molecule has 2 aromatic rings. The molecule has 1 atom stereocenters. The Hall–Kier alpha value is -2.67. The number of benzene rings is 1. The van der Waals surface area contributed by atoms with Gasteiger partial charge in [0.2, 0.25) is 0 Å². The first-order chi connectivity index (χ1) is 13.6. The third-order valence-electron chi connectivity index (χ3n) is 5.64. The van der Waals surface area contributed by atoms with Crippen molar-refractivity contribution < 1.29 is 9.53 Å². The van der Waals surface area contributed by atoms with Crippen LogP contribution in [-0.4, -0.2) is 55.0 Å². The van der Waals surface area contributed by atoms with E-state index in [9.17, 15) is 4.79 Å². The van der Waals surface area contributed by atoms with Crippen LogP contribution in [-0.2, 0) is 9.53 Å². The third-order valence-corrected chi connectivity index (χ3v) is 5.64. The fraction of sp³-hybridized carbons (Fsp3) is 0.476. The van der Waals surface area contributed by atoms with Crippen molar-refractivity contribution in [1.29, 1.82) is 0 Å². The Morgan fingerprint density at radius 3 is 2.54 bits per heavy atom. The molecule has 0 radical (unpaired) electrons. The molecule has 2 fully saturated rings. The molecule has 1 N–H and O–H groups in total. The number of carbonyl (C=O) groups excluding carboxylic acids is 1. The molecular weight excluding hydrogens is 354 g/mol. The molecule has 3 heterocycles. The number of anilines is 3. The zero-order chi connectivity index (χ0) is 19.5. The van der Waals surface area contributed by atoms with Gasteiger partial charge < -0.3 is 19.9 Å². The number of amides is 1. The molecule has 7 heteroatoms. The molecule has 7 nitrogen and oxygen atoms in total. The summed E-state index contributed by atoms with van der Waals surface area (Å²) in [6, 6.07) is 10.2. The summed E-state index contributed by atoms with van der Waals surface area (Å²) in [7, 11) is 0. The highest BCUT2D eigenvalue weighted by molar-refractivity contribution is 5.93. The molecule has 2 aliphatic rings. The van der Waals surface area contributed by atoms with E-state index in [0.717, 1.165) is 44.8 Å². The van der Waals surface area contributed by atoms with Gasteiger partial charge in [-0.05, 0) is 56.0 Å². The fourth-order valence-electron chi connectivity index (χ4n) is 3.81. The van der Waals surface area contributed by atoms with E-state index in [-0.39, 0.29) is 12.0 Å². The number of hydrogen-bond donors (Lipinski definition) is 1. The highest BCUT2D eigenvalue weighted by Crippen LogP contribution is 2.25. The Kier molecular flexibility index (Phi) is 5.43. The predicted molar refractivity (Wildman–Crippen MR) is 110 cm³/mol. The average Bonchev–Trinajstić information content (AvgIpc) is 3.26. The molecule has 1 aromatic carbocycles. The first-order valence-corrected chi connectivity index (χ1v) is 9.94. The third kappa shape index (κ3) is 3.94. The number of carbonyl (C=O) groups is 1. The summed E-state index contributed by atoms with van der Waals surface area (Å²) >= 11 is 0. The lowest BCUT2D eigenvalue weighted by molar-refractivity contribution is -0.124. The van der Waals surface area contributed by atoms with Gasteiger partial charge in [0.15, 0.2) is 11.6 Å². The van der Waals surface area contributed by atoms with Crippen LogP contribution in [0, 0.1) is 13.8 Å². The van der Waals surface area contributed by atoms with Crippen LogP contribution in [0.2, 0.25) is 0 Å². The van der Waals surface area contributed by atoms with Crippen LogP contribution in [0.5, 0.6) is 0 Å². The van der Waals surface area contributed by atoms with Crippen LogP contribution in [0.4, 0.5) is 17.3 Å². The Balaban J connectivity index is 1.34. The van der Waals surface area contributed by atoms with Gasteiger partial charge in [-0.1, -0.05) is 12.1 Å². The molecule has 148 valence electrons. The number of nitrogens with one attached hydrogen (secondary N) is 1. The van der Waals surface area contributed by atoms with E-state index in [1.807, 2.05) is 12.1 Å². The summed E-state index contributed by atoms with van der Waals surface area (Å²) in [6.45, 7) is 8.67. The molecule has 0 spiro atoms. The largest absolute Gasteiger partial charge is 0.368 e. The number of rotatable bonds is 4. The lowest BCUT2D eigenvalue weighted by Crippen LogP contribution is -2.47. The minimum atomic E-state index is -0.361. The van der Waals surface area contributed by atoms with Crippen molar-refractivity contribution in [2.75, 3.05) is 47.9 Å². The molecule has 1 unspecified atom stereocenters. The lowest BCUT2D eigenvalue weighted by atomic mass is 10.1. The SMILES string of the molecule is Cc1cccc(N2CCN(c3ccc(NC(=O)C4CCCO4)nn3)CC2)c1C. The van der Waals surface area contributed by atoms with Crippen LogP contribution in [0.25, 0.3) is 0 Å². The van der Waals surface area contributed by atoms with Gasteiger partial charge in [0.25, 0.3) is 5.91 Å². The van der Waals surface area contributed by atoms with E-state index in [1.54, 1.807) is 0 Å². The van der Waals surface area contributed by atoms with Crippen molar-refractivity contribution in [2.45, 2.75) is 32.8 Å². The second-order valence-electron chi connectivity index (χ2n) is 7.46. The topological polar surface area (TPSA) is 70.6 Å². The Labute approximate surface area is 165 Å². The fourth-order valence-corrected chi connectivity index (χ4v) is 3.81. The normalized spacial score (nSPS) is 19.7. The highest BCUT2D eigenvalue weighted by Gasteiger charge is 2.24. The molecule has 0 saturated carbocycles. The van der Waals surface area contributed by atoms with Gasteiger partial charge in [-0.3, -0.25) is 4.79 Å². The number of aromatic nitrogens is 2. The van der Waals surface area contributed by atoms with E-state index in [2.05, 4.69) is 57.4 Å². The molecule has 2 saturated heterocycles. The van der Waals surface area contributed by atoms with Gasteiger partial charge in [-0.25, -0.2) is 0 Å². The first kappa shape index (κ1) is 18.7. The van der Waals surface area contributed by atoms with Gasteiger partial charge in [-0.2, -0.15) is 0 Å². The van der Waals surface area contributed by atoms with Gasteiger partial charge in [-0.15, -0.1) is 10.2 Å². The monoisotopic (exact) mass is 381 g/mol. The predicted octanol–water partition coefficient (Wildman–Crippen LogP) is 2.54. The zero-order valence-electron chi connectivity index (χ0n) is 16.5. The Morgan fingerprint density at radius 2 is 1.86 bits per heavy atom. The van der Waals surface area contributed by atoms with E-state index in [1.165, 1.54) is 16.8 Å². The van der Waals surface area contributed by atoms with Gasteiger partial charge in [0.05, 0.1) is 0 Å². The second kappa shape index (κ2) is 8.14. The number of piperazine rings is 1. The summed E-state index contributed by atoms with van der Waals surface area (Å²) in [5.41, 5.74) is 3.99. The maximum absolute atomic E-state index is 12.1. The molecule has 0 aliphatic carbocycles. The van der Waals surface area contributed by atoms with E-state index < -0.39 is 0 Å². The summed E-state index contributed by atoms with van der Waals surface area (Å²) in [4.78, 5) is 16.8. The zero-order valence-corrected chi connectivity index (χ0v) is 16.5. The van der Waals surface area contributed by atoms with Crippen molar-refractivity contribution in [2.24, 2.45) is 0 Å². The van der Waals surface area contributed by atoms with Crippen molar-refractivity contribution in [3.63, 3.8) is 0 Å².